The fourth-order valence-electron chi connectivity index (χ4n) is 7.76. The summed E-state index contributed by atoms with van der Waals surface area (Å²) in [6.45, 7) is 6.02. The van der Waals surface area contributed by atoms with Crippen LogP contribution < -0.4 is 15.4 Å². The first-order valence-electron chi connectivity index (χ1n) is 19.5. The number of nitrogens with one attached hydrogen (secondary N) is 2. The van der Waals surface area contributed by atoms with E-state index in [0.717, 1.165) is 23.6 Å². The second-order valence-electron chi connectivity index (χ2n) is 15.7. The predicted molar refractivity (Wildman–Crippen MR) is 211 cm³/mol. The number of aliphatic hydroxyl groups is 1. The molecule has 4 fully saturated rings. The molecule has 2 aliphatic carbocycles. The summed E-state index contributed by atoms with van der Waals surface area (Å²) in [4.78, 5) is 18.1. The molecule has 2 bridgehead atoms. The molecule has 5 unspecified atom stereocenters. The maximum absolute atomic E-state index is 15.4. The first-order chi connectivity index (χ1) is 27.1. The first kappa shape index (κ1) is 42.2. The van der Waals surface area contributed by atoms with Crippen molar-refractivity contribution in [2.24, 2.45) is 17.8 Å². The number of fused-ring (bicyclic) bond motifs is 2. The molecule has 15 nitrogen and oxygen atoms in total. The summed E-state index contributed by atoms with van der Waals surface area (Å²) in [6.07, 6.45) is -0.386. The fourth-order valence-corrected chi connectivity index (χ4v) is 11.8. The zero-order valence-electron chi connectivity index (χ0n) is 32.5. The molecule has 7 atom stereocenters. The number of alkyl halides is 1. The standard InChI is InChI=1S/C38H52FN4O11PS2/c1-5-52-55(46,53-6-2)22-51-26-11-7-23(8-12-26)15-31(42-37(45)54-34-24-16-28-29(34)20-50-35(28)49-19-24)32(44)18-43(21-38(3,4)39)57(47,48)27-13-14-30-33(17-27)56-36(41-30)40-25-9-10-25/h7-8,11-14,17,24-25,28-29,31-32,34-35,44H,5-6,9-10,15-16,18-22H2,1-4H3,(H,40,41)(H,42,45)/t24?,28?,29?,31-,32+,34?,35?/m0/s1. The van der Waals surface area contributed by atoms with Gasteiger partial charge in [0.1, 0.15) is 17.5 Å². The van der Waals surface area contributed by atoms with Crippen LogP contribution in [0.4, 0.5) is 14.3 Å². The Morgan fingerprint density at radius 1 is 1.11 bits per heavy atom. The van der Waals surface area contributed by atoms with Crippen LogP contribution in [0, 0.1) is 17.8 Å². The monoisotopic (exact) mass is 854 g/mol. The number of thiazole rings is 1. The van der Waals surface area contributed by atoms with Gasteiger partial charge in [0.25, 0.3) is 0 Å². The Kier molecular flexibility index (Phi) is 12.8. The van der Waals surface area contributed by atoms with Crippen LogP contribution in [-0.4, -0.2) is 111 Å². The van der Waals surface area contributed by atoms with E-state index in [-0.39, 0.29) is 54.9 Å². The molecule has 19 heteroatoms. The number of ether oxygens (including phenoxy) is 4. The van der Waals surface area contributed by atoms with E-state index in [1.807, 2.05) is 0 Å². The van der Waals surface area contributed by atoms with E-state index < -0.39 is 60.7 Å². The lowest BCUT2D eigenvalue weighted by Crippen LogP contribution is -2.53. The van der Waals surface area contributed by atoms with Gasteiger partial charge in [-0.25, -0.2) is 22.6 Å². The molecule has 2 aromatic carbocycles. The van der Waals surface area contributed by atoms with E-state index in [2.05, 4.69) is 15.6 Å². The van der Waals surface area contributed by atoms with Crippen LogP contribution in [0.5, 0.6) is 5.75 Å². The number of hydrogen-bond donors (Lipinski definition) is 3. The second-order valence-corrected chi connectivity index (χ2v) is 20.7. The zero-order chi connectivity index (χ0) is 40.5. The Bertz CT molecular complexity index is 2020. The van der Waals surface area contributed by atoms with Gasteiger partial charge >= 0.3 is 13.7 Å². The number of amides is 1. The van der Waals surface area contributed by atoms with Crippen molar-refractivity contribution in [3.05, 3.63) is 48.0 Å². The topological polar surface area (TPSA) is 184 Å². The fraction of sp³-hybridized carbons (Fsp3) is 0.632. The van der Waals surface area contributed by atoms with Crippen LogP contribution in [0.25, 0.3) is 10.2 Å². The van der Waals surface area contributed by atoms with E-state index in [9.17, 15) is 22.9 Å². The summed E-state index contributed by atoms with van der Waals surface area (Å²) in [6, 6.07) is 10.5. The summed E-state index contributed by atoms with van der Waals surface area (Å²) in [7, 11) is -7.83. The van der Waals surface area contributed by atoms with E-state index >= 15 is 4.39 Å². The lowest BCUT2D eigenvalue weighted by atomic mass is 9.98. The minimum atomic E-state index is -4.36. The minimum absolute atomic E-state index is 0.00597. The Hall–Kier alpha value is -2.93. The number of rotatable bonds is 20. The average molecular weight is 855 g/mol. The number of nitrogens with zero attached hydrogens (tertiary/aromatic N) is 2. The molecule has 7 rings (SSSR count). The highest BCUT2D eigenvalue weighted by Crippen LogP contribution is 2.50. The van der Waals surface area contributed by atoms with Gasteiger partial charge < -0.3 is 43.7 Å². The third-order valence-corrected chi connectivity index (χ3v) is 15.1. The van der Waals surface area contributed by atoms with Gasteiger partial charge in [-0.1, -0.05) is 23.5 Å². The van der Waals surface area contributed by atoms with Crippen LogP contribution in [0.15, 0.2) is 47.4 Å². The molecular formula is C38H52FN4O11PS2. The number of benzene rings is 2. The van der Waals surface area contributed by atoms with Crippen molar-refractivity contribution >= 4 is 50.4 Å². The lowest BCUT2D eigenvalue weighted by Gasteiger charge is -2.32. The number of anilines is 1. The summed E-state index contributed by atoms with van der Waals surface area (Å²) in [5.41, 5.74) is -0.694. The van der Waals surface area contributed by atoms with E-state index in [4.69, 9.17) is 28.0 Å². The number of alkyl carbamates (subject to hydrolysis) is 1. The number of aromatic nitrogens is 1. The number of sulfonamides is 1. The zero-order valence-corrected chi connectivity index (χ0v) is 35.0. The van der Waals surface area contributed by atoms with Crippen molar-refractivity contribution in [1.29, 1.82) is 0 Å². The number of carbonyl (C=O) groups is 1. The molecule has 57 heavy (non-hydrogen) atoms. The second kappa shape index (κ2) is 17.3. The molecule has 3 N–H and O–H groups in total. The molecule has 2 saturated heterocycles. The minimum Gasteiger partial charge on any atom is -0.481 e. The average Bonchev–Trinajstić information content (AvgIpc) is 3.61. The summed E-state index contributed by atoms with van der Waals surface area (Å²) in [5.74, 6) is 0.498. The highest BCUT2D eigenvalue weighted by Gasteiger charge is 2.56. The Balaban J connectivity index is 1.10. The molecule has 3 heterocycles. The normalized spacial score (nSPS) is 24.4. The first-order valence-corrected chi connectivity index (χ1v) is 23.5. The van der Waals surface area contributed by atoms with Crippen molar-refractivity contribution in [1.82, 2.24) is 14.6 Å². The Morgan fingerprint density at radius 3 is 2.51 bits per heavy atom. The van der Waals surface area contributed by atoms with Gasteiger partial charge in [-0.05, 0) is 89.3 Å². The van der Waals surface area contributed by atoms with Gasteiger partial charge in [0.2, 0.25) is 10.0 Å². The van der Waals surface area contributed by atoms with Crippen molar-refractivity contribution in [3.63, 3.8) is 0 Å². The molecule has 4 aliphatic rings. The van der Waals surface area contributed by atoms with Crippen LogP contribution in [-0.2, 0) is 44.3 Å². The molecule has 0 spiro atoms. The van der Waals surface area contributed by atoms with Crippen molar-refractivity contribution in [2.45, 2.75) is 94.5 Å². The number of aliphatic hydroxyl groups excluding tert-OH is 1. The smallest absolute Gasteiger partial charge is 0.407 e. The molecular weight excluding hydrogens is 803 g/mol. The van der Waals surface area contributed by atoms with Crippen LogP contribution in [0.1, 0.15) is 52.5 Å². The number of hydrogen-bond acceptors (Lipinski definition) is 14. The van der Waals surface area contributed by atoms with Crippen LogP contribution in [0.2, 0.25) is 0 Å². The SMILES string of the molecule is CCOP(=O)(COc1ccc(C[C@H](NC(=O)OC2C3COC4OCC2C4C3)[C@H](O)CN(CC(C)(C)F)S(=O)(=O)c2ccc3nc(NC4CC4)sc3c2)cc1)OCC. The van der Waals surface area contributed by atoms with Crippen LogP contribution >= 0.6 is 18.9 Å². The largest absolute Gasteiger partial charge is 0.481 e. The Morgan fingerprint density at radius 2 is 1.82 bits per heavy atom. The van der Waals surface area contributed by atoms with Gasteiger partial charge in [-0.15, -0.1) is 0 Å². The molecule has 1 amide bonds. The van der Waals surface area contributed by atoms with Gasteiger partial charge in [0, 0.05) is 36.9 Å². The molecule has 314 valence electrons. The molecule has 3 aromatic rings. The van der Waals surface area contributed by atoms with Crippen LogP contribution in [0.3, 0.4) is 0 Å². The van der Waals surface area contributed by atoms with Crippen molar-refractivity contribution in [2.75, 3.05) is 51.2 Å². The third-order valence-electron chi connectivity index (χ3n) is 10.6. The highest BCUT2D eigenvalue weighted by molar-refractivity contribution is 7.89. The highest BCUT2D eigenvalue weighted by atomic mass is 32.2. The molecule has 2 saturated carbocycles. The Labute approximate surface area is 336 Å². The van der Waals surface area contributed by atoms with Gasteiger partial charge in [-0.2, -0.15) is 4.31 Å². The summed E-state index contributed by atoms with van der Waals surface area (Å²) in [5, 5.41) is 18.7. The molecule has 1 aromatic heterocycles. The maximum Gasteiger partial charge on any atom is 0.407 e. The lowest BCUT2D eigenvalue weighted by molar-refractivity contribution is -0.169. The van der Waals surface area contributed by atoms with Gasteiger partial charge in [-0.3, -0.25) is 4.57 Å². The van der Waals surface area contributed by atoms with E-state index in [1.165, 1.54) is 37.3 Å². The third kappa shape index (κ3) is 10.3. The van der Waals surface area contributed by atoms with E-state index in [1.54, 1.807) is 44.2 Å². The maximum atomic E-state index is 15.4. The van der Waals surface area contributed by atoms with Gasteiger partial charge in [0.05, 0.1) is 53.7 Å². The quantitative estimate of drug-likeness (QED) is 0.114. The predicted octanol–water partition coefficient (Wildman–Crippen LogP) is 5.92. The number of carbonyl (C=O) groups excluding carboxylic acids is 1. The van der Waals surface area contributed by atoms with Gasteiger partial charge in [0.15, 0.2) is 17.8 Å². The van der Waals surface area contributed by atoms with Crippen molar-refractivity contribution < 1.29 is 55.3 Å². The number of halogens is 1. The molecule has 2 aliphatic heterocycles. The van der Waals surface area contributed by atoms with Crippen molar-refractivity contribution in [3.8, 4) is 5.75 Å². The summed E-state index contributed by atoms with van der Waals surface area (Å²) >= 11 is 1.34. The molecule has 0 radical (unpaired) electrons. The summed E-state index contributed by atoms with van der Waals surface area (Å²) < 4.78 is 92.3. The van der Waals surface area contributed by atoms with E-state index in [0.29, 0.717) is 45.9 Å².